The number of rotatable bonds is 11. The van der Waals surface area contributed by atoms with Gasteiger partial charge in [0, 0.05) is 47.8 Å². The van der Waals surface area contributed by atoms with Gasteiger partial charge < -0.3 is 20.6 Å². The lowest BCUT2D eigenvalue weighted by molar-refractivity contribution is -0.136. The van der Waals surface area contributed by atoms with E-state index in [0.29, 0.717) is 34.1 Å². The highest BCUT2D eigenvalue weighted by Crippen LogP contribution is 2.27. The summed E-state index contributed by atoms with van der Waals surface area (Å²) in [5, 5.41) is 19.3. The van der Waals surface area contributed by atoms with Crippen molar-refractivity contribution in [2.45, 2.75) is 38.9 Å². The minimum atomic E-state index is -0.831. The number of allylic oxidation sites excluding steroid dienone is 1. The molecule has 2 amide bonds. The molecule has 1 aliphatic heterocycles. The standard InChI is InChI=1S/C34H35N5O4S/c1-23-9-10-28(19-24(23)2)39-17-13-31(37-39)36-34(43)29-21-27(38-15-4-3-5-16-38)11-12-30(29)35-33(42)26-8-6-7-25(20-26)22-44-18-14-32(40)41/h4,6-13,15,17,19-21H,3,5,14,16,18,22H2,1-2H3,(H,35,42)(H,40,41)(H,36,37,43). The fourth-order valence-corrected chi connectivity index (χ4v) is 5.69. The molecule has 0 atom stereocenters. The number of nitrogens with one attached hydrogen (secondary N) is 2. The highest BCUT2D eigenvalue weighted by Gasteiger charge is 2.19. The Balaban J connectivity index is 1.36. The third-order valence-corrected chi connectivity index (χ3v) is 8.42. The van der Waals surface area contributed by atoms with Crippen molar-refractivity contribution in [3.05, 3.63) is 113 Å². The zero-order valence-electron chi connectivity index (χ0n) is 24.7. The molecule has 0 unspecified atom stereocenters. The topological polar surface area (TPSA) is 117 Å². The molecule has 1 aromatic heterocycles. The van der Waals surface area contributed by atoms with E-state index in [1.54, 1.807) is 47.3 Å². The van der Waals surface area contributed by atoms with E-state index in [1.807, 2.05) is 43.5 Å². The fourth-order valence-electron chi connectivity index (χ4n) is 4.81. The number of carboxylic acids is 1. The van der Waals surface area contributed by atoms with Crippen LogP contribution in [0.15, 0.2) is 85.2 Å². The number of carbonyl (C=O) groups excluding carboxylic acids is 2. The van der Waals surface area contributed by atoms with Crippen molar-refractivity contribution >= 4 is 46.7 Å². The number of carbonyl (C=O) groups is 3. The van der Waals surface area contributed by atoms with Crippen LogP contribution in [0.25, 0.3) is 5.69 Å². The monoisotopic (exact) mass is 609 g/mol. The molecule has 0 saturated carbocycles. The highest BCUT2D eigenvalue weighted by atomic mass is 32.2. The van der Waals surface area contributed by atoms with Crippen LogP contribution in [0.4, 0.5) is 17.2 Å². The molecule has 3 N–H and O–H groups in total. The first-order chi connectivity index (χ1) is 21.3. The van der Waals surface area contributed by atoms with Crippen molar-refractivity contribution in [2.75, 3.05) is 27.8 Å². The number of aliphatic carboxylic acids is 1. The maximum absolute atomic E-state index is 13.7. The first kappa shape index (κ1) is 30.6. The fraction of sp³-hybridized carbons (Fsp3) is 0.235. The number of benzene rings is 3. The van der Waals surface area contributed by atoms with Gasteiger partial charge >= 0.3 is 5.97 Å². The second-order valence-corrected chi connectivity index (χ2v) is 11.8. The van der Waals surface area contributed by atoms with Gasteiger partial charge in [0.2, 0.25) is 0 Å². The number of hydrogen-bond donors (Lipinski definition) is 3. The summed E-state index contributed by atoms with van der Waals surface area (Å²) in [7, 11) is 0. The van der Waals surface area contributed by atoms with Gasteiger partial charge in [-0.3, -0.25) is 14.4 Å². The molecule has 44 heavy (non-hydrogen) atoms. The summed E-state index contributed by atoms with van der Waals surface area (Å²) in [4.78, 5) is 39.9. The highest BCUT2D eigenvalue weighted by molar-refractivity contribution is 7.98. The molecular weight excluding hydrogens is 574 g/mol. The van der Waals surface area contributed by atoms with Gasteiger partial charge in [0.15, 0.2) is 5.82 Å². The molecule has 5 rings (SSSR count). The molecule has 0 spiro atoms. The summed E-state index contributed by atoms with van der Waals surface area (Å²) in [6.45, 7) is 4.93. The van der Waals surface area contributed by atoms with Crippen molar-refractivity contribution in [3.63, 3.8) is 0 Å². The van der Waals surface area contributed by atoms with Gasteiger partial charge in [0.1, 0.15) is 0 Å². The Labute approximate surface area is 261 Å². The summed E-state index contributed by atoms with van der Waals surface area (Å²) in [6.07, 6.45) is 8.03. The van der Waals surface area contributed by atoms with E-state index in [0.717, 1.165) is 41.9 Å². The van der Waals surface area contributed by atoms with Crippen molar-refractivity contribution in [1.29, 1.82) is 0 Å². The second kappa shape index (κ2) is 14.1. The number of nitrogens with zero attached hydrogens (tertiary/aromatic N) is 3. The SMILES string of the molecule is Cc1ccc(-n2ccc(NC(=O)c3cc(N4C=CCCC4)ccc3NC(=O)c3cccc(CSCCC(=O)O)c3)n2)cc1C. The van der Waals surface area contributed by atoms with E-state index in [9.17, 15) is 14.4 Å². The summed E-state index contributed by atoms with van der Waals surface area (Å²) in [5.41, 5.74) is 6.14. The quantitative estimate of drug-likeness (QED) is 0.160. The van der Waals surface area contributed by atoms with Crippen LogP contribution < -0.4 is 15.5 Å². The van der Waals surface area contributed by atoms with Gasteiger partial charge in [-0.25, -0.2) is 4.68 Å². The molecular formula is C34H35N5O4S. The second-order valence-electron chi connectivity index (χ2n) is 10.7. The number of hydrogen-bond acceptors (Lipinski definition) is 6. The van der Waals surface area contributed by atoms with Crippen LogP contribution in [0, 0.1) is 13.8 Å². The molecule has 1 aliphatic rings. The lowest BCUT2D eigenvalue weighted by atomic mass is 10.1. The number of amides is 2. The van der Waals surface area contributed by atoms with Crippen molar-refractivity contribution in [2.24, 2.45) is 0 Å². The molecule has 0 radical (unpaired) electrons. The van der Waals surface area contributed by atoms with Crippen LogP contribution in [0.1, 0.15) is 56.7 Å². The lowest BCUT2D eigenvalue weighted by Gasteiger charge is -2.24. The van der Waals surface area contributed by atoms with E-state index < -0.39 is 11.9 Å². The minimum Gasteiger partial charge on any atom is -0.481 e. The maximum Gasteiger partial charge on any atom is 0.304 e. The van der Waals surface area contributed by atoms with Crippen LogP contribution in [0.3, 0.4) is 0 Å². The van der Waals surface area contributed by atoms with E-state index in [4.69, 9.17) is 5.11 Å². The zero-order chi connectivity index (χ0) is 31.1. The smallest absolute Gasteiger partial charge is 0.304 e. The first-order valence-corrected chi connectivity index (χ1v) is 15.6. The third-order valence-electron chi connectivity index (χ3n) is 7.39. The van der Waals surface area contributed by atoms with Crippen molar-refractivity contribution in [3.8, 4) is 5.69 Å². The van der Waals surface area contributed by atoms with E-state index in [1.165, 1.54) is 17.3 Å². The van der Waals surface area contributed by atoms with Gasteiger partial charge in [-0.05, 0) is 85.8 Å². The van der Waals surface area contributed by atoms with Crippen LogP contribution in [0.2, 0.25) is 0 Å². The summed E-state index contributed by atoms with van der Waals surface area (Å²) in [6, 6.07) is 20.4. The molecule has 9 nitrogen and oxygen atoms in total. The van der Waals surface area contributed by atoms with Gasteiger partial charge in [-0.1, -0.05) is 24.3 Å². The van der Waals surface area contributed by atoms with Crippen LogP contribution in [-0.4, -0.2) is 45.0 Å². The Morgan fingerprint density at radius 1 is 0.932 bits per heavy atom. The first-order valence-electron chi connectivity index (χ1n) is 14.5. The van der Waals surface area contributed by atoms with Gasteiger partial charge in [0.25, 0.3) is 11.8 Å². The Hall–Kier alpha value is -4.83. The minimum absolute atomic E-state index is 0.0881. The predicted octanol–water partition coefficient (Wildman–Crippen LogP) is 6.82. The number of thioether (sulfide) groups is 1. The number of aryl methyl sites for hydroxylation is 2. The van der Waals surface area contributed by atoms with Crippen LogP contribution in [0.5, 0.6) is 0 Å². The number of anilines is 3. The van der Waals surface area contributed by atoms with Crippen molar-refractivity contribution in [1.82, 2.24) is 9.78 Å². The maximum atomic E-state index is 13.7. The summed E-state index contributed by atoms with van der Waals surface area (Å²) in [5.74, 6) is -0.0943. The molecule has 3 aromatic carbocycles. The molecule has 4 aromatic rings. The molecule has 0 bridgehead atoms. The van der Waals surface area contributed by atoms with E-state index in [-0.39, 0.29) is 12.3 Å². The van der Waals surface area contributed by atoms with Crippen LogP contribution >= 0.6 is 11.8 Å². The average Bonchev–Trinajstić information content (AvgIpc) is 3.49. The predicted molar refractivity (Wildman–Crippen MR) is 176 cm³/mol. The van der Waals surface area contributed by atoms with Gasteiger partial charge in [-0.2, -0.15) is 16.9 Å². The van der Waals surface area contributed by atoms with Crippen LogP contribution in [-0.2, 0) is 10.5 Å². The molecule has 2 heterocycles. The molecule has 226 valence electrons. The normalized spacial score (nSPS) is 12.6. The largest absolute Gasteiger partial charge is 0.481 e. The third kappa shape index (κ3) is 7.76. The lowest BCUT2D eigenvalue weighted by Crippen LogP contribution is -2.22. The molecule has 0 saturated heterocycles. The average molecular weight is 610 g/mol. The molecule has 0 fully saturated rings. The van der Waals surface area contributed by atoms with E-state index in [2.05, 4.69) is 33.6 Å². The van der Waals surface area contributed by atoms with E-state index >= 15 is 0 Å². The Bertz CT molecular complexity index is 1710. The Kier molecular flexibility index (Phi) is 9.81. The Morgan fingerprint density at radius 2 is 1.77 bits per heavy atom. The number of aromatic nitrogens is 2. The van der Waals surface area contributed by atoms with Crippen molar-refractivity contribution < 1.29 is 19.5 Å². The number of carboxylic acid groups (broad SMARTS) is 1. The molecule has 10 heteroatoms. The Morgan fingerprint density at radius 3 is 2.55 bits per heavy atom. The molecule has 0 aliphatic carbocycles. The summed E-state index contributed by atoms with van der Waals surface area (Å²) >= 11 is 1.50. The van der Waals surface area contributed by atoms with Gasteiger partial charge in [0.05, 0.1) is 23.4 Å². The zero-order valence-corrected chi connectivity index (χ0v) is 25.6. The summed E-state index contributed by atoms with van der Waals surface area (Å²) < 4.78 is 1.71. The van der Waals surface area contributed by atoms with Gasteiger partial charge in [-0.15, -0.1) is 0 Å².